The monoisotopic (exact) mass is 428 g/mol. The highest BCUT2D eigenvalue weighted by Crippen LogP contribution is 2.37. The average molecular weight is 429 g/mol. The van der Waals surface area contributed by atoms with Gasteiger partial charge in [0.1, 0.15) is 6.07 Å². The fourth-order valence-corrected chi connectivity index (χ4v) is 4.11. The highest BCUT2D eigenvalue weighted by Gasteiger charge is 2.38. The summed E-state index contributed by atoms with van der Waals surface area (Å²) in [4.78, 5) is 16.9. The number of likely N-dealkylation sites (N-methyl/N-ethyl adjacent to an activating group) is 1. The normalized spacial score (nSPS) is 21.3. The van der Waals surface area contributed by atoms with Crippen LogP contribution < -0.4 is 5.32 Å². The summed E-state index contributed by atoms with van der Waals surface area (Å²) in [6, 6.07) is 19.8. The Bertz CT molecular complexity index is 1060. The first-order valence-electron chi connectivity index (χ1n) is 10.8. The van der Waals surface area contributed by atoms with Gasteiger partial charge < -0.3 is 19.9 Å². The lowest BCUT2D eigenvalue weighted by Gasteiger charge is -2.33. The van der Waals surface area contributed by atoms with Gasteiger partial charge in [-0.1, -0.05) is 36.4 Å². The van der Waals surface area contributed by atoms with E-state index in [4.69, 9.17) is 4.74 Å². The quantitative estimate of drug-likeness (QED) is 0.785. The Labute approximate surface area is 189 Å². The number of anilines is 1. The third-order valence-corrected chi connectivity index (χ3v) is 6.20. The van der Waals surface area contributed by atoms with Gasteiger partial charge in [0.2, 0.25) is 0 Å². The molecule has 6 heteroatoms. The number of carbonyl (C=O) groups is 1. The number of allylic oxidation sites excluding steroid dienone is 2. The summed E-state index contributed by atoms with van der Waals surface area (Å²) < 4.78 is 5.72. The van der Waals surface area contributed by atoms with Crippen molar-refractivity contribution in [1.82, 2.24) is 9.80 Å². The summed E-state index contributed by atoms with van der Waals surface area (Å²) in [6.07, 6.45) is 4.38. The minimum atomic E-state index is -1.10. The van der Waals surface area contributed by atoms with Crippen molar-refractivity contribution in [2.24, 2.45) is 0 Å². The number of hydrogen-bond acceptors (Lipinski definition) is 5. The molecule has 0 radical (unpaired) electrons. The smallest absolute Gasteiger partial charge is 0.253 e. The van der Waals surface area contributed by atoms with E-state index in [1.807, 2.05) is 71.6 Å². The molecule has 4 rings (SSSR count). The molecule has 32 heavy (non-hydrogen) atoms. The molecule has 1 fully saturated rings. The van der Waals surface area contributed by atoms with Crippen LogP contribution in [0.25, 0.3) is 5.57 Å². The number of hydrogen-bond donors (Lipinski definition) is 1. The number of rotatable bonds is 5. The number of piperazine rings is 1. The van der Waals surface area contributed by atoms with Crippen molar-refractivity contribution in [2.45, 2.75) is 12.0 Å². The first-order chi connectivity index (χ1) is 15.5. The fourth-order valence-electron chi connectivity index (χ4n) is 4.11. The molecule has 2 aliphatic rings. The Morgan fingerprint density at radius 3 is 2.34 bits per heavy atom. The fraction of sp³-hybridized carbons (Fsp3) is 0.308. The van der Waals surface area contributed by atoms with E-state index in [1.54, 1.807) is 7.11 Å². The Morgan fingerprint density at radius 2 is 1.72 bits per heavy atom. The lowest BCUT2D eigenvalue weighted by molar-refractivity contribution is 0.0664. The molecule has 1 unspecified atom stereocenters. The van der Waals surface area contributed by atoms with Crippen molar-refractivity contribution in [3.05, 3.63) is 83.6 Å². The summed E-state index contributed by atoms with van der Waals surface area (Å²) in [5.41, 5.74) is 3.18. The zero-order valence-electron chi connectivity index (χ0n) is 18.5. The number of nitriles is 1. The van der Waals surface area contributed by atoms with Crippen LogP contribution in [0, 0.1) is 11.3 Å². The van der Waals surface area contributed by atoms with Crippen molar-refractivity contribution >= 4 is 17.2 Å². The molecule has 164 valence electrons. The average Bonchev–Trinajstić information content (AvgIpc) is 2.85. The van der Waals surface area contributed by atoms with Crippen molar-refractivity contribution in [3.8, 4) is 6.07 Å². The summed E-state index contributed by atoms with van der Waals surface area (Å²) >= 11 is 0. The van der Waals surface area contributed by atoms with E-state index in [0.29, 0.717) is 17.7 Å². The van der Waals surface area contributed by atoms with Crippen molar-refractivity contribution in [2.75, 3.05) is 45.7 Å². The van der Waals surface area contributed by atoms with E-state index < -0.39 is 5.60 Å². The van der Waals surface area contributed by atoms with E-state index in [0.717, 1.165) is 43.0 Å². The van der Waals surface area contributed by atoms with Crippen LogP contribution in [0.15, 0.2) is 72.4 Å². The van der Waals surface area contributed by atoms with Gasteiger partial charge in [0, 0.05) is 51.0 Å². The maximum atomic E-state index is 12.8. The van der Waals surface area contributed by atoms with Gasteiger partial charge in [-0.2, -0.15) is 5.26 Å². The van der Waals surface area contributed by atoms with Crippen LogP contribution in [0.1, 0.15) is 22.3 Å². The first kappa shape index (κ1) is 21.8. The Hall–Kier alpha value is -3.40. The van der Waals surface area contributed by atoms with E-state index in [-0.39, 0.29) is 5.91 Å². The highest BCUT2D eigenvalue weighted by molar-refractivity contribution is 5.94. The second-order valence-corrected chi connectivity index (χ2v) is 8.26. The van der Waals surface area contributed by atoms with Gasteiger partial charge in [-0.15, -0.1) is 0 Å². The van der Waals surface area contributed by atoms with Crippen LogP contribution in [-0.2, 0) is 4.74 Å². The van der Waals surface area contributed by atoms with Gasteiger partial charge in [-0.3, -0.25) is 4.79 Å². The van der Waals surface area contributed by atoms with Gasteiger partial charge in [0.05, 0.1) is 5.70 Å². The van der Waals surface area contributed by atoms with Gasteiger partial charge in [0.25, 0.3) is 5.91 Å². The van der Waals surface area contributed by atoms with Crippen molar-refractivity contribution < 1.29 is 9.53 Å². The number of methoxy groups -OCH3 is 1. The number of carbonyl (C=O) groups excluding carboxylic acids is 1. The Morgan fingerprint density at radius 1 is 1.03 bits per heavy atom. The van der Waals surface area contributed by atoms with Crippen LogP contribution in [0.3, 0.4) is 0 Å². The maximum Gasteiger partial charge on any atom is 0.253 e. The third-order valence-electron chi connectivity index (χ3n) is 6.20. The Balaban J connectivity index is 1.52. The molecule has 1 aliphatic carbocycles. The van der Waals surface area contributed by atoms with E-state index >= 15 is 0 Å². The summed E-state index contributed by atoms with van der Waals surface area (Å²) in [7, 11) is 3.63. The molecule has 2 aromatic carbocycles. The molecule has 0 bridgehead atoms. The van der Waals surface area contributed by atoms with Gasteiger partial charge in [-0.05, 0) is 48.5 Å². The summed E-state index contributed by atoms with van der Waals surface area (Å²) in [6.45, 7) is 3.28. The molecule has 0 saturated carbocycles. The lowest BCUT2D eigenvalue weighted by Crippen LogP contribution is -2.47. The zero-order valence-corrected chi connectivity index (χ0v) is 18.5. The molecule has 1 amide bonds. The van der Waals surface area contributed by atoms with Crippen LogP contribution in [0.5, 0.6) is 0 Å². The predicted octanol–water partition coefficient (Wildman–Crippen LogP) is 3.77. The second kappa shape index (κ2) is 9.39. The molecule has 0 spiro atoms. The standard InChI is InChI=1S/C26H28N4O2/c1-29-14-16-30(17-15-29)25(31)21-8-11-23(12-9-21)28-24-13-10-22(18-26(24,19-27)32-2)20-6-4-3-5-7-20/h3-13,28H,14-18H2,1-2H3. The molecule has 1 N–H and O–H groups in total. The molecular weight excluding hydrogens is 400 g/mol. The molecule has 1 saturated heterocycles. The maximum absolute atomic E-state index is 12.8. The number of amides is 1. The summed E-state index contributed by atoms with van der Waals surface area (Å²) in [5, 5.41) is 13.3. The Kier molecular flexibility index (Phi) is 6.40. The van der Waals surface area contributed by atoms with Crippen LogP contribution >= 0.6 is 0 Å². The number of benzene rings is 2. The van der Waals surface area contributed by atoms with Crippen LogP contribution in [-0.4, -0.2) is 61.6 Å². The lowest BCUT2D eigenvalue weighted by atomic mass is 9.84. The second-order valence-electron chi connectivity index (χ2n) is 8.26. The first-order valence-corrected chi connectivity index (χ1v) is 10.8. The molecule has 6 nitrogen and oxygen atoms in total. The largest absolute Gasteiger partial charge is 0.357 e. The summed E-state index contributed by atoms with van der Waals surface area (Å²) in [5.74, 6) is 0.0558. The van der Waals surface area contributed by atoms with Crippen LogP contribution in [0.4, 0.5) is 5.69 Å². The van der Waals surface area contributed by atoms with E-state index in [1.165, 1.54) is 0 Å². The number of ether oxygens (including phenoxy) is 1. The molecule has 1 atom stereocenters. The SMILES string of the molecule is COC1(C#N)CC(c2ccccc2)=CC=C1Nc1ccc(C(=O)N2CCN(C)CC2)cc1. The zero-order chi connectivity index (χ0) is 22.6. The highest BCUT2D eigenvalue weighted by atomic mass is 16.5. The molecule has 1 aliphatic heterocycles. The number of nitrogens with one attached hydrogen (secondary N) is 1. The third kappa shape index (κ3) is 4.45. The molecule has 0 aromatic heterocycles. The van der Waals surface area contributed by atoms with Crippen molar-refractivity contribution in [1.29, 1.82) is 5.26 Å². The molecular formula is C26H28N4O2. The van der Waals surface area contributed by atoms with Gasteiger partial charge >= 0.3 is 0 Å². The molecule has 1 heterocycles. The topological polar surface area (TPSA) is 68.6 Å². The van der Waals surface area contributed by atoms with Crippen molar-refractivity contribution in [3.63, 3.8) is 0 Å². The van der Waals surface area contributed by atoms with Gasteiger partial charge in [0.15, 0.2) is 5.60 Å². The molecule has 2 aromatic rings. The van der Waals surface area contributed by atoms with E-state index in [9.17, 15) is 10.1 Å². The predicted molar refractivity (Wildman–Crippen MR) is 126 cm³/mol. The minimum absolute atomic E-state index is 0.0558. The number of nitrogens with zero attached hydrogens (tertiary/aromatic N) is 3. The minimum Gasteiger partial charge on any atom is -0.357 e. The van der Waals surface area contributed by atoms with Crippen LogP contribution in [0.2, 0.25) is 0 Å². The van der Waals surface area contributed by atoms with E-state index in [2.05, 4.69) is 23.3 Å². The van der Waals surface area contributed by atoms with Gasteiger partial charge in [-0.25, -0.2) is 0 Å².